The predicted octanol–water partition coefficient (Wildman–Crippen LogP) is 2.99. The highest BCUT2D eigenvalue weighted by atomic mass is 19.3. The molecule has 102 valence electrons. The molecule has 0 radical (unpaired) electrons. The van der Waals surface area contributed by atoms with Gasteiger partial charge in [-0.05, 0) is 25.8 Å². The van der Waals surface area contributed by atoms with Gasteiger partial charge in [-0.1, -0.05) is 6.92 Å². The molecule has 1 saturated carbocycles. The summed E-state index contributed by atoms with van der Waals surface area (Å²) in [5.41, 5.74) is 1.13. The summed E-state index contributed by atoms with van der Waals surface area (Å²) in [6, 6.07) is 0.295. The quantitative estimate of drug-likeness (QED) is 0.878. The molecule has 1 heterocycles. The molecule has 18 heavy (non-hydrogen) atoms. The van der Waals surface area contributed by atoms with E-state index in [1.807, 2.05) is 19.4 Å². The lowest BCUT2D eigenvalue weighted by atomic mass is 10.1. The van der Waals surface area contributed by atoms with Gasteiger partial charge in [-0.3, -0.25) is 4.68 Å². The Morgan fingerprint density at radius 1 is 1.61 bits per heavy atom. The molecule has 5 heteroatoms. The lowest BCUT2D eigenvalue weighted by Crippen LogP contribution is -2.15. The summed E-state index contributed by atoms with van der Waals surface area (Å²) in [5, 5.41) is 7.49. The molecule has 2 rings (SSSR count). The zero-order chi connectivity index (χ0) is 13.2. The molecule has 0 amide bonds. The lowest BCUT2D eigenvalue weighted by Gasteiger charge is -2.12. The molecule has 1 fully saturated rings. The fourth-order valence-corrected chi connectivity index (χ4v) is 2.73. The molecule has 1 aliphatic rings. The van der Waals surface area contributed by atoms with Gasteiger partial charge in [0.2, 0.25) is 5.92 Å². The normalized spacial score (nSPS) is 24.3. The van der Waals surface area contributed by atoms with Gasteiger partial charge in [0, 0.05) is 37.2 Å². The molecule has 0 bridgehead atoms. The molecule has 2 atom stereocenters. The Morgan fingerprint density at radius 3 is 2.94 bits per heavy atom. The first-order valence-corrected chi connectivity index (χ1v) is 6.61. The minimum atomic E-state index is -2.46. The van der Waals surface area contributed by atoms with Crippen LogP contribution in [0.25, 0.3) is 0 Å². The second kappa shape index (κ2) is 5.34. The van der Waals surface area contributed by atoms with Crippen LogP contribution in [0, 0.1) is 5.92 Å². The van der Waals surface area contributed by atoms with Crippen LogP contribution in [0.5, 0.6) is 0 Å². The third-order valence-electron chi connectivity index (χ3n) is 3.76. The second-order valence-corrected chi connectivity index (χ2v) is 5.21. The third-order valence-corrected chi connectivity index (χ3v) is 3.76. The molecular weight excluding hydrogens is 236 g/mol. The van der Waals surface area contributed by atoms with E-state index >= 15 is 0 Å². The van der Waals surface area contributed by atoms with Crippen molar-refractivity contribution in [1.82, 2.24) is 15.1 Å². The van der Waals surface area contributed by atoms with E-state index in [9.17, 15) is 8.78 Å². The van der Waals surface area contributed by atoms with Crippen LogP contribution < -0.4 is 5.32 Å². The Kier molecular flexibility index (Phi) is 4.00. The monoisotopic (exact) mass is 257 g/mol. The van der Waals surface area contributed by atoms with Gasteiger partial charge in [-0.25, -0.2) is 8.78 Å². The molecule has 0 aromatic carbocycles. The van der Waals surface area contributed by atoms with Crippen LogP contribution in [0.1, 0.15) is 44.2 Å². The van der Waals surface area contributed by atoms with E-state index in [0.29, 0.717) is 19.0 Å². The Hall–Kier alpha value is -0.970. The van der Waals surface area contributed by atoms with Crippen molar-refractivity contribution < 1.29 is 8.78 Å². The van der Waals surface area contributed by atoms with Crippen LogP contribution in [0.15, 0.2) is 12.4 Å². The zero-order valence-electron chi connectivity index (χ0n) is 11.0. The lowest BCUT2D eigenvalue weighted by molar-refractivity contribution is 0.00423. The fourth-order valence-electron chi connectivity index (χ4n) is 2.73. The summed E-state index contributed by atoms with van der Waals surface area (Å²) in [7, 11) is 1.92. The second-order valence-electron chi connectivity index (χ2n) is 5.21. The summed E-state index contributed by atoms with van der Waals surface area (Å²) in [6.45, 7) is 2.71. The van der Waals surface area contributed by atoms with Crippen LogP contribution in [-0.2, 0) is 6.54 Å². The summed E-state index contributed by atoms with van der Waals surface area (Å²) >= 11 is 0. The number of alkyl halides is 2. The van der Waals surface area contributed by atoms with Crippen LogP contribution in [0.4, 0.5) is 8.78 Å². The van der Waals surface area contributed by atoms with E-state index in [2.05, 4.69) is 17.3 Å². The van der Waals surface area contributed by atoms with Crippen molar-refractivity contribution in [3.8, 4) is 0 Å². The molecule has 0 spiro atoms. The fraction of sp³-hybridized carbons (Fsp3) is 0.769. The number of rotatable bonds is 5. The maximum Gasteiger partial charge on any atom is 0.248 e. The summed E-state index contributed by atoms with van der Waals surface area (Å²) < 4.78 is 28.0. The van der Waals surface area contributed by atoms with Crippen molar-refractivity contribution in [2.24, 2.45) is 5.92 Å². The number of hydrogen-bond acceptors (Lipinski definition) is 2. The average Bonchev–Trinajstić information content (AvgIpc) is 2.88. The van der Waals surface area contributed by atoms with E-state index in [-0.39, 0.29) is 18.8 Å². The zero-order valence-corrected chi connectivity index (χ0v) is 11.0. The maximum absolute atomic E-state index is 13.1. The molecule has 2 unspecified atom stereocenters. The van der Waals surface area contributed by atoms with Gasteiger partial charge in [0.15, 0.2) is 0 Å². The van der Waals surface area contributed by atoms with Crippen molar-refractivity contribution in [2.75, 3.05) is 7.05 Å². The van der Waals surface area contributed by atoms with Crippen molar-refractivity contribution in [2.45, 2.75) is 51.1 Å². The number of nitrogens with zero attached hydrogens (tertiary/aromatic N) is 2. The number of halogens is 2. The smallest absolute Gasteiger partial charge is 0.248 e. The van der Waals surface area contributed by atoms with E-state index in [1.165, 1.54) is 0 Å². The van der Waals surface area contributed by atoms with Crippen molar-refractivity contribution in [3.63, 3.8) is 0 Å². The SMILES string of the molecule is CCC(NC)c1cnn(CC2CCC(F)(F)C2)c1. The first kappa shape index (κ1) is 13.5. The Morgan fingerprint density at radius 2 is 2.39 bits per heavy atom. The molecular formula is C13H21F2N3. The molecule has 1 aliphatic carbocycles. The van der Waals surface area contributed by atoms with Gasteiger partial charge in [-0.2, -0.15) is 5.10 Å². The van der Waals surface area contributed by atoms with Crippen LogP contribution >= 0.6 is 0 Å². The van der Waals surface area contributed by atoms with Crippen LogP contribution in [-0.4, -0.2) is 22.8 Å². The molecule has 0 saturated heterocycles. The van der Waals surface area contributed by atoms with Gasteiger partial charge >= 0.3 is 0 Å². The maximum atomic E-state index is 13.1. The van der Waals surface area contributed by atoms with Gasteiger partial charge in [0.25, 0.3) is 0 Å². The van der Waals surface area contributed by atoms with E-state index in [0.717, 1.165) is 12.0 Å². The Bertz CT molecular complexity index is 385. The molecule has 1 N–H and O–H groups in total. The highest BCUT2D eigenvalue weighted by Gasteiger charge is 2.39. The number of hydrogen-bond donors (Lipinski definition) is 1. The van der Waals surface area contributed by atoms with Crippen molar-refractivity contribution >= 4 is 0 Å². The number of aromatic nitrogens is 2. The third kappa shape index (κ3) is 3.07. The highest BCUT2D eigenvalue weighted by Crippen LogP contribution is 2.39. The largest absolute Gasteiger partial charge is 0.313 e. The van der Waals surface area contributed by atoms with Crippen molar-refractivity contribution in [1.29, 1.82) is 0 Å². The van der Waals surface area contributed by atoms with Crippen LogP contribution in [0.3, 0.4) is 0 Å². The topological polar surface area (TPSA) is 29.9 Å². The summed E-state index contributed by atoms with van der Waals surface area (Å²) in [5.74, 6) is -2.40. The minimum absolute atomic E-state index is 0.00538. The minimum Gasteiger partial charge on any atom is -0.313 e. The molecule has 0 aliphatic heterocycles. The van der Waals surface area contributed by atoms with Gasteiger partial charge in [-0.15, -0.1) is 0 Å². The van der Waals surface area contributed by atoms with Gasteiger partial charge in [0.1, 0.15) is 0 Å². The van der Waals surface area contributed by atoms with Crippen molar-refractivity contribution in [3.05, 3.63) is 18.0 Å². The molecule has 1 aromatic rings. The summed E-state index contributed by atoms with van der Waals surface area (Å²) in [6.07, 6.45) is 5.43. The standard InChI is InChI=1S/C13H21F2N3/c1-3-12(16-2)11-7-17-18(9-11)8-10-4-5-13(14,15)6-10/h7,9-10,12,16H,3-6,8H2,1-2H3. The molecule has 3 nitrogen and oxygen atoms in total. The highest BCUT2D eigenvalue weighted by molar-refractivity contribution is 5.10. The summed E-state index contributed by atoms with van der Waals surface area (Å²) in [4.78, 5) is 0. The van der Waals surface area contributed by atoms with Gasteiger partial charge in [0.05, 0.1) is 6.20 Å². The first-order valence-electron chi connectivity index (χ1n) is 6.61. The first-order chi connectivity index (χ1) is 8.54. The number of nitrogens with one attached hydrogen (secondary N) is 1. The Labute approximate surface area is 107 Å². The van der Waals surface area contributed by atoms with E-state index < -0.39 is 5.92 Å². The van der Waals surface area contributed by atoms with E-state index in [4.69, 9.17) is 0 Å². The Balaban J connectivity index is 1.95. The van der Waals surface area contributed by atoms with Crippen LogP contribution in [0.2, 0.25) is 0 Å². The van der Waals surface area contributed by atoms with Gasteiger partial charge < -0.3 is 5.32 Å². The molecule has 1 aromatic heterocycles. The predicted molar refractivity (Wildman–Crippen MR) is 66.6 cm³/mol. The average molecular weight is 257 g/mol. The van der Waals surface area contributed by atoms with E-state index in [1.54, 1.807) is 4.68 Å².